The first kappa shape index (κ1) is 14.1. The van der Waals surface area contributed by atoms with Gasteiger partial charge in [0.05, 0.1) is 0 Å². The van der Waals surface area contributed by atoms with Gasteiger partial charge in [-0.3, -0.25) is 0 Å². The molecule has 0 aliphatic heterocycles. The van der Waals surface area contributed by atoms with Gasteiger partial charge in [0.25, 0.3) is 0 Å². The van der Waals surface area contributed by atoms with Gasteiger partial charge in [0.1, 0.15) is 0 Å². The van der Waals surface area contributed by atoms with Gasteiger partial charge in [-0.1, -0.05) is 60.1 Å². The highest BCUT2D eigenvalue weighted by atomic mass is 35.5. The van der Waals surface area contributed by atoms with Crippen molar-refractivity contribution in [2.24, 2.45) is 0 Å². The Morgan fingerprint density at radius 1 is 1.00 bits per heavy atom. The van der Waals surface area contributed by atoms with Crippen molar-refractivity contribution in [2.45, 2.75) is 25.8 Å². The van der Waals surface area contributed by atoms with Crippen molar-refractivity contribution in [3.05, 3.63) is 70.7 Å². The average Bonchev–Trinajstić information content (AvgIpc) is 2.43. The van der Waals surface area contributed by atoms with E-state index in [1.165, 1.54) is 11.1 Å². The highest BCUT2D eigenvalue weighted by molar-refractivity contribution is 6.31. The fraction of sp³-hybridized carbons (Fsp3) is 0.294. The fourth-order valence-electron chi connectivity index (χ4n) is 2.17. The van der Waals surface area contributed by atoms with E-state index in [4.69, 9.17) is 11.6 Å². The summed E-state index contributed by atoms with van der Waals surface area (Å²) in [5, 5.41) is 4.41. The van der Waals surface area contributed by atoms with Crippen LogP contribution in [0, 0.1) is 0 Å². The molecule has 2 heteroatoms. The van der Waals surface area contributed by atoms with Crippen LogP contribution in [0.2, 0.25) is 5.02 Å². The van der Waals surface area contributed by atoms with E-state index in [2.05, 4.69) is 48.6 Å². The lowest BCUT2D eigenvalue weighted by molar-refractivity contribution is 0.548. The second kappa shape index (κ2) is 7.32. The molecule has 19 heavy (non-hydrogen) atoms. The standard InChI is InChI=1S/C17H20ClN/c1-14(13-16-9-5-6-10-17(16)18)19-12-11-15-7-3-2-4-8-15/h2-10,14,19H,11-13H2,1H3. The third-order valence-electron chi connectivity index (χ3n) is 3.23. The monoisotopic (exact) mass is 273 g/mol. The van der Waals surface area contributed by atoms with E-state index in [1.807, 2.05) is 18.2 Å². The van der Waals surface area contributed by atoms with Crippen molar-refractivity contribution in [2.75, 3.05) is 6.54 Å². The summed E-state index contributed by atoms with van der Waals surface area (Å²) >= 11 is 6.17. The first-order valence-electron chi connectivity index (χ1n) is 6.76. The summed E-state index contributed by atoms with van der Waals surface area (Å²) in [6, 6.07) is 19.1. The highest BCUT2D eigenvalue weighted by Crippen LogP contribution is 2.16. The Morgan fingerprint density at radius 3 is 2.42 bits per heavy atom. The van der Waals surface area contributed by atoms with Crippen LogP contribution in [-0.4, -0.2) is 12.6 Å². The predicted molar refractivity (Wildman–Crippen MR) is 82.8 cm³/mol. The largest absolute Gasteiger partial charge is 0.314 e. The quantitative estimate of drug-likeness (QED) is 0.835. The van der Waals surface area contributed by atoms with Crippen LogP contribution < -0.4 is 5.32 Å². The number of hydrogen-bond acceptors (Lipinski definition) is 1. The van der Waals surface area contributed by atoms with Crippen LogP contribution in [-0.2, 0) is 12.8 Å². The van der Waals surface area contributed by atoms with Crippen molar-refractivity contribution in [3.8, 4) is 0 Å². The molecule has 1 unspecified atom stereocenters. The molecule has 0 radical (unpaired) electrons. The van der Waals surface area contributed by atoms with Crippen LogP contribution in [0.15, 0.2) is 54.6 Å². The predicted octanol–water partition coefficient (Wildman–Crippen LogP) is 4.10. The maximum Gasteiger partial charge on any atom is 0.0438 e. The van der Waals surface area contributed by atoms with Gasteiger partial charge in [0.15, 0.2) is 0 Å². The van der Waals surface area contributed by atoms with Crippen molar-refractivity contribution in [1.82, 2.24) is 5.32 Å². The van der Waals surface area contributed by atoms with Gasteiger partial charge in [-0.2, -0.15) is 0 Å². The Hall–Kier alpha value is -1.31. The van der Waals surface area contributed by atoms with Gasteiger partial charge < -0.3 is 5.32 Å². The molecule has 2 aromatic carbocycles. The van der Waals surface area contributed by atoms with Gasteiger partial charge in [-0.05, 0) is 43.5 Å². The fourth-order valence-corrected chi connectivity index (χ4v) is 2.39. The van der Waals surface area contributed by atoms with Crippen LogP contribution in [0.4, 0.5) is 0 Å². The van der Waals surface area contributed by atoms with Crippen LogP contribution in [0.5, 0.6) is 0 Å². The molecule has 2 aromatic rings. The summed E-state index contributed by atoms with van der Waals surface area (Å²) in [4.78, 5) is 0. The summed E-state index contributed by atoms with van der Waals surface area (Å²) in [5.41, 5.74) is 2.59. The van der Waals surface area contributed by atoms with Crippen LogP contribution in [0.25, 0.3) is 0 Å². The first-order valence-corrected chi connectivity index (χ1v) is 7.14. The Balaban J connectivity index is 1.76. The molecule has 0 spiro atoms. The number of rotatable bonds is 6. The van der Waals surface area contributed by atoms with Crippen LogP contribution in [0.3, 0.4) is 0 Å². The summed E-state index contributed by atoms with van der Waals surface area (Å²) in [6.07, 6.45) is 2.03. The molecule has 1 nitrogen and oxygen atoms in total. The Kier molecular flexibility index (Phi) is 5.44. The van der Waals surface area contributed by atoms with Gasteiger partial charge >= 0.3 is 0 Å². The summed E-state index contributed by atoms with van der Waals surface area (Å²) < 4.78 is 0. The molecule has 1 atom stereocenters. The summed E-state index contributed by atoms with van der Waals surface area (Å²) in [7, 11) is 0. The Labute approximate surface area is 120 Å². The summed E-state index contributed by atoms with van der Waals surface area (Å²) in [5.74, 6) is 0. The number of halogens is 1. The average molecular weight is 274 g/mol. The molecule has 1 N–H and O–H groups in total. The Bertz CT molecular complexity index is 496. The van der Waals surface area contributed by atoms with E-state index in [1.54, 1.807) is 0 Å². The van der Waals surface area contributed by atoms with E-state index in [9.17, 15) is 0 Å². The molecule has 2 rings (SSSR count). The zero-order valence-electron chi connectivity index (χ0n) is 11.3. The molecule has 0 aliphatic carbocycles. The summed E-state index contributed by atoms with van der Waals surface area (Å²) in [6.45, 7) is 3.20. The topological polar surface area (TPSA) is 12.0 Å². The highest BCUT2D eigenvalue weighted by Gasteiger charge is 2.05. The minimum Gasteiger partial charge on any atom is -0.314 e. The van der Waals surface area contributed by atoms with Gasteiger partial charge in [0, 0.05) is 11.1 Å². The van der Waals surface area contributed by atoms with Crippen molar-refractivity contribution in [1.29, 1.82) is 0 Å². The lowest BCUT2D eigenvalue weighted by atomic mass is 10.1. The van der Waals surface area contributed by atoms with E-state index >= 15 is 0 Å². The minimum absolute atomic E-state index is 0.434. The molecule has 0 saturated heterocycles. The number of hydrogen-bond donors (Lipinski definition) is 1. The number of nitrogens with one attached hydrogen (secondary N) is 1. The lowest BCUT2D eigenvalue weighted by Crippen LogP contribution is -2.30. The second-order valence-electron chi connectivity index (χ2n) is 4.89. The molecule has 0 heterocycles. The zero-order valence-corrected chi connectivity index (χ0v) is 12.0. The molecule has 0 amide bonds. The van der Waals surface area contributed by atoms with Gasteiger partial charge in [0.2, 0.25) is 0 Å². The van der Waals surface area contributed by atoms with E-state index in [-0.39, 0.29) is 0 Å². The zero-order chi connectivity index (χ0) is 13.5. The number of benzene rings is 2. The van der Waals surface area contributed by atoms with Gasteiger partial charge in [-0.25, -0.2) is 0 Å². The molecule has 0 aromatic heterocycles. The van der Waals surface area contributed by atoms with E-state index < -0.39 is 0 Å². The van der Waals surface area contributed by atoms with Crippen LogP contribution in [0.1, 0.15) is 18.1 Å². The maximum absolute atomic E-state index is 6.17. The Morgan fingerprint density at radius 2 is 1.68 bits per heavy atom. The molecule has 100 valence electrons. The minimum atomic E-state index is 0.434. The van der Waals surface area contributed by atoms with Crippen LogP contribution >= 0.6 is 11.6 Å². The molecule has 0 fully saturated rings. The van der Waals surface area contributed by atoms with Crippen molar-refractivity contribution < 1.29 is 0 Å². The van der Waals surface area contributed by atoms with Gasteiger partial charge in [-0.15, -0.1) is 0 Å². The molecule has 0 bridgehead atoms. The molecular formula is C17H20ClN. The third-order valence-corrected chi connectivity index (χ3v) is 3.60. The molecular weight excluding hydrogens is 254 g/mol. The van der Waals surface area contributed by atoms with Crippen molar-refractivity contribution >= 4 is 11.6 Å². The maximum atomic E-state index is 6.17. The normalized spacial score (nSPS) is 12.3. The SMILES string of the molecule is CC(Cc1ccccc1Cl)NCCc1ccccc1. The smallest absolute Gasteiger partial charge is 0.0438 e. The van der Waals surface area contributed by atoms with E-state index in [0.29, 0.717) is 6.04 Å². The third kappa shape index (κ3) is 4.70. The molecule has 0 aliphatic rings. The van der Waals surface area contributed by atoms with Crippen molar-refractivity contribution in [3.63, 3.8) is 0 Å². The lowest BCUT2D eigenvalue weighted by Gasteiger charge is -2.14. The molecule has 0 saturated carbocycles. The van der Waals surface area contributed by atoms with E-state index in [0.717, 1.165) is 24.4 Å². The second-order valence-corrected chi connectivity index (χ2v) is 5.29. The first-order chi connectivity index (χ1) is 9.25.